The van der Waals surface area contributed by atoms with E-state index >= 15 is 0 Å². The van der Waals surface area contributed by atoms with Gasteiger partial charge in [0.2, 0.25) is 21.8 Å². The van der Waals surface area contributed by atoms with E-state index in [0.29, 0.717) is 25.4 Å². The number of nitrogens with zero attached hydrogens (tertiary/aromatic N) is 4. The highest BCUT2D eigenvalue weighted by molar-refractivity contribution is 7.88. The van der Waals surface area contributed by atoms with E-state index in [1.54, 1.807) is 17.0 Å². The van der Waals surface area contributed by atoms with Gasteiger partial charge in [0.25, 0.3) is 0 Å². The van der Waals surface area contributed by atoms with E-state index in [1.165, 1.54) is 7.05 Å². The van der Waals surface area contributed by atoms with Gasteiger partial charge in [-0.2, -0.15) is 9.40 Å². The van der Waals surface area contributed by atoms with Gasteiger partial charge in [-0.25, -0.2) is 8.42 Å². The lowest BCUT2D eigenvalue weighted by Gasteiger charge is -2.20. The van der Waals surface area contributed by atoms with Crippen molar-refractivity contribution in [3.63, 3.8) is 0 Å². The van der Waals surface area contributed by atoms with Crippen LogP contribution in [0.25, 0.3) is 0 Å². The number of aryl methyl sites for hydroxylation is 1. The Hall–Kier alpha value is -1.74. The largest absolute Gasteiger partial charge is 0.471 e. The normalized spacial score (nSPS) is 18.7. The molecule has 0 aliphatic carbocycles. The molecular weight excluding hydrogens is 308 g/mol. The number of likely N-dealkylation sites (N-methyl/N-ethyl adjacent to an activating group) is 1. The Labute approximate surface area is 130 Å². The highest BCUT2D eigenvalue weighted by atomic mass is 32.2. The Balaban J connectivity index is 1.87. The summed E-state index contributed by atoms with van der Waals surface area (Å²) >= 11 is 0. The van der Waals surface area contributed by atoms with Crippen LogP contribution in [0.4, 0.5) is 0 Å². The molecule has 0 saturated carbocycles. The van der Waals surface area contributed by atoms with Gasteiger partial charge in [0, 0.05) is 26.1 Å². The summed E-state index contributed by atoms with van der Waals surface area (Å²) in [5, 5.41) is 7.84. The summed E-state index contributed by atoms with van der Waals surface area (Å²) in [7, 11) is -1.97. The minimum Gasteiger partial charge on any atom is -0.471 e. The fraction of sp³-hybridized carbons (Fsp3) is 0.615. The molecule has 0 N–H and O–H groups in total. The summed E-state index contributed by atoms with van der Waals surface area (Å²) in [5.41, 5.74) is 0.805. The standard InChI is InChI=1S/C13H20N4O4S/c1-10-4-5-12(15-14-10)21-11-6-7-17(8-11)13(18)9-16(2)22(3,19)20/h4-5,11H,6-9H2,1-3H3. The molecule has 1 atom stereocenters. The molecule has 22 heavy (non-hydrogen) atoms. The molecule has 0 bridgehead atoms. The van der Waals surface area contributed by atoms with Gasteiger partial charge in [0.1, 0.15) is 6.10 Å². The van der Waals surface area contributed by atoms with Gasteiger partial charge in [-0.1, -0.05) is 0 Å². The Kier molecular flexibility index (Phi) is 4.97. The molecule has 0 radical (unpaired) electrons. The Bertz CT molecular complexity index is 632. The molecule has 1 saturated heterocycles. The van der Waals surface area contributed by atoms with E-state index in [9.17, 15) is 13.2 Å². The zero-order valence-electron chi connectivity index (χ0n) is 12.9. The van der Waals surface area contributed by atoms with Crippen LogP contribution in [0.15, 0.2) is 12.1 Å². The fourth-order valence-electron chi connectivity index (χ4n) is 2.08. The van der Waals surface area contributed by atoms with Crippen molar-refractivity contribution >= 4 is 15.9 Å². The molecule has 1 aromatic rings. The van der Waals surface area contributed by atoms with Crippen LogP contribution in [-0.2, 0) is 14.8 Å². The van der Waals surface area contributed by atoms with Gasteiger partial charge >= 0.3 is 0 Å². The van der Waals surface area contributed by atoms with Crippen molar-refractivity contribution in [1.82, 2.24) is 19.4 Å². The van der Waals surface area contributed by atoms with Gasteiger partial charge in [-0.05, 0) is 13.0 Å². The summed E-state index contributed by atoms with van der Waals surface area (Å²) in [6.45, 7) is 2.65. The van der Waals surface area contributed by atoms with Crippen LogP contribution in [0.3, 0.4) is 0 Å². The maximum atomic E-state index is 12.1. The second-order valence-corrected chi connectivity index (χ2v) is 7.49. The van der Waals surface area contributed by atoms with Crippen molar-refractivity contribution < 1.29 is 17.9 Å². The Morgan fingerprint density at radius 1 is 1.45 bits per heavy atom. The van der Waals surface area contributed by atoms with Gasteiger partial charge in [-0.3, -0.25) is 4.79 Å². The molecule has 1 unspecified atom stereocenters. The van der Waals surface area contributed by atoms with Gasteiger partial charge < -0.3 is 9.64 Å². The van der Waals surface area contributed by atoms with Gasteiger partial charge in [-0.15, -0.1) is 5.10 Å². The van der Waals surface area contributed by atoms with Crippen molar-refractivity contribution in [2.24, 2.45) is 0 Å². The van der Waals surface area contributed by atoms with Crippen LogP contribution in [0.2, 0.25) is 0 Å². The number of aromatic nitrogens is 2. The highest BCUT2D eigenvalue weighted by Gasteiger charge is 2.29. The summed E-state index contributed by atoms with van der Waals surface area (Å²) < 4.78 is 29.4. The number of hydrogen-bond acceptors (Lipinski definition) is 6. The van der Waals surface area contributed by atoms with Crippen molar-refractivity contribution in [2.75, 3.05) is 32.9 Å². The molecule has 2 heterocycles. The highest BCUT2D eigenvalue weighted by Crippen LogP contribution is 2.16. The van der Waals surface area contributed by atoms with E-state index in [-0.39, 0.29) is 18.6 Å². The van der Waals surface area contributed by atoms with Crippen LogP contribution in [-0.4, -0.2) is 72.8 Å². The van der Waals surface area contributed by atoms with Crippen LogP contribution in [0.1, 0.15) is 12.1 Å². The summed E-state index contributed by atoms with van der Waals surface area (Å²) in [4.78, 5) is 13.7. The van der Waals surface area contributed by atoms with Crippen molar-refractivity contribution in [3.8, 4) is 5.88 Å². The lowest BCUT2D eigenvalue weighted by molar-refractivity contribution is -0.130. The summed E-state index contributed by atoms with van der Waals surface area (Å²) in [6, 6.07) is 3.55. The van der Waals surface area contributed by atoms with Crippen molar-refractivity contribution in [3.05, 3.63) is 17.8 Å². The second-order valence-electron chi connectivity index (χ2n) is 5.40. The van der Waals surface area contributed by atoms with Crippen LogP contribution < -0.4 is 4.74 Å². The molecule has 1 aromatic heterocycles. The monoisotopic (exact) mass is 328 g/mol. The lowest BCUT2D eigenvalue weighted by atomic mass is 10.3. The van der Waals surface area contributed by atoms with Crippen molar-refractivity contribution in [1.29, 1.82) is 0 Å². The van der Waals surface area contributed by atoms with E-state index in [0.717, 1.165) is 16.3 Å². The predicted molar refractivity (Wildman–Crippen MR) is 79.9 cm³/mol. The van der Waals surface area contributed by atoms with Crippen molar-refractivity contribution in [2.45, 2.75) is 19.4 Å². The molecule has 1 aliphatic heterocycles. The molecule has 0 aromatic carbocycles. The first-order valence-electron chi connectivity index (χ1n) is 6.92. The second kappa shape index (κ2) is 6.57. The third-order valence-electron chi connectivity index (χ3n) is 3.48. The molecule has 0 spiro atoms. The van der Waals surface area contributed by atoms with E-state index < -0.39 is 10.0 Å². The molecule has 1 fully saturated rings. The number of rotatable bonds is 5. The maximum absolute atomic E-state index is 12.1. The lowest BCUT2D eigenvalue weighted by Crippen LogP contribution is -2.40. The minimum atomic E-state index is -3.36. The topological polar surface area (TPSA) is 92.7 Å². The Morgan fingerprint density at radius 3 is 2.77 bits per heavy atom. The number of carbonyl (C=O) groups excluding carboxylic acids is 1. The summed E-state index contributed by atoms with van der Waals surface area (Å²) in [5.74, 6) is 0.201. The first-order chi connectivity index (χ1) is 10.3. The third kappa shape index (κ3) is 4.38. The molecule has 2 rings (SSSR count). The van der Waals surface area contributed by atoms with Crippen LogP contribution >= 0.6 is 0 Å². The van der Waals surface area contributed by atoms with E-state index in [1.807, 2.05) is 6.92 Å². The SMILES string of the molecule is Cc1ccc(OC2CCN(C(=O)CN(C)S(C)(=O)=O)C2)nn1. The molecule has 9 heteroatoms. The molecule has 1 aliphatic rings. The maximum Gasteiger partial charge on any atom is 0.238 e. The van der Waals surface area contributed by atoms with E-state index in [2.05, 4.69) is 10.2 Å². The zero-order chi connectivity index (χ0) is 16.3. The first kappa shape index (κ1) is 16.6. The van der Waals surface area contributed by atoms with Crippen LogP contribution in [0, 0.1) is 6.92 Å². The number of likely N-dealkylation sites (tertiary alicyclic amines) is 1. The average Bonchev–Trinajstić information content (AvgIpc) is 2.89. The summed E-state index contributed by atoms with van der Waals surface area (Å²) in [6.07, 6.45) is 1.61. The number of ether oxygens (including phenoxy) is 1. The molecule has 1 amide bonds. The average molecular weight is 328 g/mol. The Morgan fingerprint density at radius 2 is 2.18 bits per heavy atom. The number of sulfonamides is 1. The smallest absolute Gasteiger partial charge is 0.238 e. The minimum absolute atomic E-state index is 0.149. The van der Waals surface area contributed by atoms with Crippen LogP contribution in [0.5, 0.6) is 5.88 Å². The number of hydrogen-bond donors (Lipinski definition) is 0. The fourth-order valence-corrected chi connectivity index (χ4v) is 2.42. The predicted octanol–water partition coefficient (Wildman–Crippen LogP) is -0.344. The third-order valence-corrected chi connectivity index (χ3v) is 4.74. The first-order valence-corrected chi connectivity index (χ1v) is 8.76. The quantitative estimate of drug-likeness (QED) is 0.734. The zero-order valence-corrected chi connectivity index (χ0v) is 13.7. The molecule has 122 valence electrons. The van der Waals surface area contributed by atoms with Gasteiger partial charge in [0.05, 0.1) is 25.0 Å². The number of carbonyl (C=O) groups is 1. The molecular formula is C13H20N4O4S. The van der Waals surface area contributed by atoms with E-state index in [4.69, 9.17) is 4.74 Å². The number of amides is 1. The van der Waals surface area contributed by atoms with Gasteiger partial charge in [0.15, 0.2) is 0 Å². The molecule has 8 nitrogen and oxygen atoms in total.